The first-order chi connectivity index (χ1) is 4.46. The molecule has 0 N–H and O–H groups in total. The predicted molar refractivity (Wildman–Crippen MR) is 46.5 cm³/mol. The standard InChI is InChI=1S/C9H17Cl/c1-8(2)6-4-5-7-9(8,3)10/h4-7H2,1-3H3. The van der Waals surface area contributed by atoms with E-state index < -0.39 is 0 Å². The maximum Gasteiger partial charge on any atom is 0.0469 e. The Kier molecular flexibility index (Phi) is 2.02. The van der Waals surface area contributed by atoms with E-state index in [1.54, 1.807) is 0 Å². The molecule has 1 aliphatic rings. The number of hydrogen-bond acceptors (Lipinski definition) is 0. The quantitative estimate of drug-likeness (QED) is 0.476. The molecule has 0 nitrogen and oxygen atoms in total. The van der Waals surface area contributed by atoms with Crippen molar-refractivity contribution in [2.75, 3.05) is 0 Å². The Hall–Kier alpha value is 0.290. The zero-order valence-corrected chi connectivity index (χ0v) is 7.96. The Bertz CT molecular complexity index is 109. The molecule has 1 atom stereocenters. The van der Waals surface area contributed by atoms with Crippen LogP contribution in [0.15, 0.2) is 0 Å². The van der Waals surface area contributed by atoms with Gasteiger partial charge in [0, 0.05) is 4.87 Å². The van der Waals surface area contributed by atoms with Crippen molar-refractivity contribution in [1.29, 1.82) is 0 Å². The third-order valence-electron chi connectivity index (χ3n) is 3.11. The average molecular weight is 161 g/mol. The van der Waals surface area contributed by atoms with Gasteiger partial charge in [0.25, 0.3) is 0 Å². The van der Waals surface area contributed by atoms with Crippen molar-refractivity contribution in [3.8, 4) is 0 Å². The maximum atomic E-state index is 6.36. The van der Waals surface area contributed by atoms with E-state index in [1.165, 1.54) is 25.7 Å². The van der Waals surface area contributed by atoms with E-state index in [-0.39, 0.29) is 4.87 Å². The SMILES string of the molecule is CC1(C)CCCCC1(C)Cl. The van der Waals surface area contributed by atoms with Crippen LogP contribution in [-0.4, -0.2) is 4.87 Å². The summed E-state index contributed by atoms with van der Waals surface area (Å²) in [7, 11) is 0. The van der Waals surface area contributed by atoms with Gasteiger partial charge < -0.3 is 0 Å². The summed E-state index contributed by atoms with van der Waals surface area (Å²) < 4.78 is 0. The van der Waals surface area contributed by atoms with Crippen LogP contribution >= 0.6 is 11.6 Å². The van der Waals surface area contributed by atoms with Crippen LogP contribution in [0.25, 0.3) is 0 Å². The van der Waals surface area contributed by atoms with Gasteiger partial charge in [-0.3, -0.25) is 0 Å². The molecule has 0 spiro atoms. The minimum Gasteiger partial charge on any atom is -0.119 e. The minimum absolute atomic E-state index is 0.0469. The molecule has 0 amide bonds. The molecule has 1 rings (SSSR count). The predicted octanol–water partition coefficient (Wildman–Crippen LogP) is 3.58. The summed E-state index contributed by atoms with van der Waals surface area (Å²) in [6.07, 6.45) is 5.13. The van der Waals surface area contributed by atoms with E-state index in [0.29, 0.717) is 5.41 Å². The summed E-state index contributed by atoms with van der Waals surface area (Å²) in [6, 6.07) is 0. The highest BCUT2D eigenvalue weighted by Crippen LogP contribution is 2.47. The Morgan fingerprint density at radius 1 is 1.00 bits per heavy atom. The fourth-order valence-electron chi connectivity index (χ4n) is 1.62. The third-order valence-corrected chi connectivity index (χ3v) is 3.81. The Morgan fingerprint density at radius 2 is 1.50 bits per heavy atom. The van der Waals surface area contributed by atoms with Crippen LogP contribution in [0.2, 0.25) is 0 Å². The molecule has 1 heteroatoms. The van der Waals surface area contributed by atoms with Crippen molar-refractivity contribution in [2.24, 2.45) is 5.41 Å². The highest BCUT2D eigenvalue weighted by molar-refractivity contribution is 6.24. The molecular weight excluding hydrogens is 144 g/mol. The molecule has 0 bridgehead atoms. The Morgan fingerprint density at radius 3 is 1.80 bits per heavy atom. The molecule has 1 saturated carbocycles. The molecule has 60 valence electrons. The van der Waals surface area contributed by atoms with Crippen LogP contribution in [0.1, 0.15) is 46.5 Å². The molecule has 0 aliphatic heterocycles. The lowest BCUT2D eigenvalue weighted by atomic mass is 9.69. The first kappa shape index (κ1) is 8.39. The normalized spacial score (nSPS) is 39.6. The average Bonchev–Trinajstić information content (AvgIpc) is 1.77. The summed E-state index contributed by atoms with van der Waals surface area (Å²) in [4.78, 5) is 0.0469. The second-order valence-electron chi connectivity index (χ2n) is 4.29. The van der Waals surface area contributed by atoms with Gasteiger partial charge in [0.05, 0.1) is 0 Å². The van der Waals surface area contributed by atoms with Crippen molar-refractivity contribution in [3.05, 3.63) is 0 Å². The summed E-state index contributed by atoms with van der Waals surface area (Å²) in [6.45, 7) is 6.73. The molecule has 0 heterocycles. The largest absolute Gasteiger partial charge is 0.119 e. The summed E-state index contributed by atoms with van der Waals surface area (Å²) in [5, 5.41) is 0. The summed E-state index contributed by atoms with van der Waals surface area (Å²) in [5.74, 6) is 0. The summed E-state index contributed by atoms with van der Waals surface area (Å²) in [5.41, 5.74) is 0.340. The number of rotatable bonds is 0. The molecule has 10 heavy (non-hydrogen) atoms. The number of alkyl halides is 1. The number of halogens is 1. The maximum absolute atomic E-state index is 6.36. The van der Waals surface area contributed by atoms with Gasteiger partial charge in [-0.05, 0) is 25.2 Å². The van der Waals surface area contributed by atoms with Crippen molar-refractivity contribution in [2.45, 2.75) is 51.3 Å². The molecule has 1 unspecified atom stereocenters. The topological polar surface area (TPSA) is 0 Å². The van der Waals surface area contributed by atoms with Gasteiger partial charge in [-0.25, -0.2) is 0 Å². The first-order valence-electron chi connectivity index (χ1n) is 4.15. The van der Waals surface area contributed by atoms with E-state index >= 15 is 0 Å². The van der Waals surface area contributed by atoms with E-state index in [0.717, 1.165) is 0 Å². The molecule has 0 aromatic heterocycles. The van der Waals surface area contributed by atoms with Crippen LogP contribution < -0.4 is 0 Å². The monoisotopic (exact) mass is 160 g/mol. The van der Waals surface area contributed by atoms with E-state index in [2.05, 4.69) is 20.8 Å². The van der Waals surface area contributed by atoms with Gasteiger partial charge in [-0.2, -0.15) is 0 Å². The van der Waals surface area contributed by atoms with Gasteiger partial charge in [0.2, 0.25) is 0 Å². The molecule has 1 fully saturated rings. The first-order valence-corrected chi connectivity index (χ1v) is 4.52. The lowest BCUT2D eigenvalue weighted by Gasteiger charge is -2.43. The lowest BCUT2D eigenvalue weighted by Crippen LogP contribution is -2.39. The molecule has 1 aliphatic carbocycles. The van der Waals surface area contributed by atoms with Crippen LogP contribution in [0.3, 0.4) is 0 Å². The highest BCUT2D eigenvalue weighted by atomic mass is 35.5. The second-order valence-corrected chi connectivity index (χ2v) is 5.12. The van der Waals surface area contributed by atoms with E-state index in [9.17, 15) is 0 Å². The van der Waals surface area contributed by atoms with Gasteiger partial charge in [0.15, 0.2) is 0 Å². The fraction of sp³-hybridized carbons (Fsp3) is 1.00. The lowest BCUT2D eigenvalue weighted by molar-refractivity contribution is 0.179. The van der Waals surface area contributed by atoms with Crippen LogP contribution in [-0.2, 0) is 0 Å². The smallest absolute Gasteiger partial charge is 0.0469 e. The van der Waals surface area contributed by atoms with Gasteiger partial charge in [-0.15, -0.1) is 11.6 Å². The molecule has 0 saturated heterocycles. The Balaban J connectivity index is 2.70. The van der Waals surface area contributed by atoms with Gasteiger partial charge in [0.1, 0.15) is 0 Å². The van der Waals surface area contributed by atoms with Crippen molar-refractivity contribution < 1.29 is 0 Å². The van der Waals surface area contributed by atoms with E-state index in [4.69, 9.17) is 11.6 Å². The minimum atomic E-state index is 0.0469. The highest BCUT2D eigenvalue weighted by Gasteiger charge is 2.40. The van der Waals surface area contributed by atoms with E-state index in [1.807, 2.05) is 0 Å². The fourth-order valence-corrected chi connectivity index (χ4v) is 1.85. The summed E-state index contributed by atoms with van der Waals surface area (Å²) >= 11 is 6.36. The number of hydrogen-bond donors (Lipinski definition) is 0. The van der Waals surface area contributed by atoms with Crippen molar-refractivity contribution in [1.82, 2.24) is 0 Å². The van der Waals surface area contributed by atoms with Crippen LogP contribution in [0.5, 0.6) is 0 Å². The van der Waals surface area contributed by atoms with Crippen LogP contribution in [0, 0.1) is 5.41 Å². The van der Waals surface area contributed by atoms with Crippen molar-refractivity contribution in [3.63, 3.8) is 0 Å². The zero-order valence-electron chi connectivity index (χ0n) is 7.21. The third kappa shape index (κ3) is 1.32. The molecular formula is C9H17Cl. The Labute approximate surface area is 69.0 Å². The molecule has 0 aromatic carbocycles. The zero-order chi connectivity index (χ0) is 7.83. The molecule has 0 aromatic rings. The van der Waals surface area contributed by atoms with Gasteiger partial charge in [-0.1, -0.05) is 26.7 Å². The van der Waals surface area contributed by atoms with Gasteiger partial charge >= 0.3 is 0 Å². The second kappa shape index (κ2) is 2.41. The molecule has 0 radical (unpaired) electrons. The van der Waals surface area contributed by atoms with Crippen LogP contribution in [0.4, 0.5) is 0 Å². The van der Waals surface area contributed by atoms with Crippen molar-refractivity contribution >= 4 is 11.6 Å².